The Labute approximate surface area is 218 Å². The average Bonchev–Trinajstić information content (AvgIpc) is 2.73. The third-order valence-corrected chi connectivity index (χ3v) is 8.29. The lowest BCUT2D eigenvalue weighted by Gasteiger charge is -2.15. The van der Waals surface area contributed by atoms with Crippen LogP contribution in [0.25, 0.3) is 0 Å². The second kappa shape index (κ2) is 17.5. The zero-order valence-electron chi connectivity index (χ0n) is 23.4. The monoisotopic (exact) mass is 546 g/mol. The molecule has 0 heterocycles. The molecule has 0 saturated heterocycles. The van der Waals surface area contributed by atoms with E-state index >= 15 is 0 Å². The molecule has 0 radical (unpaired) electrons. The minimum absolute atomic E-state index is 0.181. The number of rotatable bonds is 17. The van der Waals surface area contributed by atoms with Crippen LogP contribution in [0.4, 0.5) is 0 Å². The summed E-state index contributed by atoms with van der Waals surface area (Å²) in [6.07, 6.45) is 17.0. The summed E-state index contributed by atoms with van der Waals surface area (Å²) >= 11 is 0. The number of hydrogen-bond donors (Lipinski definition) is 3. The van der Waals surface area contributed by atoms with Gasteiger partial charge in [-0.15, -0.1) is 0 Å². The van der Waals surface area contributed by atoms with Crippen LogP contribution in [0.3, 0.4) is 0 Å². The van der Waals surface area contributed by atoms with Crippen LogP contribution in [0.5, 0.6) is 0 Å². The highest BCUT2D eigenvalue weighted by Gasteiger charge is 2.31. The van der Waals surface area contributed by atoms with Gasteiger partial charge < -0.3 is 14.7 Å². The predicted octanol–water partition coefficient (Wildman–Crippen LogP) is 8.58. The maximum Gasteiger partial charge on any atom is 0.481 e. The van der Waals surface area contributed by atoms with Gasteiger partial charge in [0.2, 0.25) is 0 Å². The number of phosphoric ester groups is 1. The molecule has 0 saturated carbocycles. The molecule has 0 bridgehead atoms. The van der Waals surface area contributed by atoms with Crippen LogP contribution in [0.15, 0.2) is 58.2 Å². The lowest BCUT2D eigenvalue weighted by atomic mass is 9.92. The van der Waals surface area contributed by atoms with E-state index in [2.05, 4.69) is 74.7 Å². The summed E-state index contributed by atoms with van der Waals surface area (Å²) < 4.78 is 30.6. The maximum atomic E-state index is 11.5. The van der Waals surface area contributed by atoms with Crippen molar-refractivity contribution in [1.29, 1.82) is 0 Å². The molecule has 9 heteroatoms. The summed E-state index contributed by atoms with van der Waals surface area (Å²) in [6, 6.07) is 0. The zero-order valence-corrected chi connectivity index (χ0v) is 25.1. The van der Waals surface area contributed by atoms with Gasteiger partial charge in [0.05, 0.1) is 6.61 Å². The van der Waals surface area contributed by atoms with Crippen molar-refractivity contribution in [2.75, 3.05) is 6.61 Å². The Morgan fingerprint density at radius 3 is 1.72 bits per heavy atom. The molecule has 0 aliphatic rings. The summed E-state index contributed by atoms with van der Waals surface area (Å²) in [4.78, 5) is 26.6. The van der Waals surface area contributed by atoms with Crippen LogP contribution in [-0.2, 0) is 18.0 Å². The Kier molecular flexibility index (Phi) is 17.0. The Morgan fingerprint density at radius 2 is 1.19 bits per heavy atom. The molecule has 0 aliphatic carbocycles. The fraction of sp³-hybridized carbons (Fsp3) is 0.630. The lowest BCUT2D eigenvalue weighted by molar-refractivity contribution is 0.191. The topological polar surface area (TPSA) is 113 Å². The quantitative estimate of drug-likeness (QED) is 0.124. The molecule has 0 aromatic carbocycles. The zero-order chi connectivity index (χ0) is 27.9. The van der Waals surface area contributed by atoms with E-state index in [0.717, 1.165) is 44.1 Å². The summed E-state index contributed by atoms with van der Waals surface area (Å²) in [7, 11) is -9.92. The fourth-order valence-corrected chi connectivity index (χ4v) is 4.80. The molecule has 0 aromatic rings. The van der Waals surface area contributed by atoms with Gasteiger partial charge in [-0.25, -0.2) is 9.13 Å². The van der Waals surface area contributed by atoms with E-state index in [1.807, 2.05) is 13.8 Å². The molecule has 0 amide bonds. The molecule has 0 aromatic heterocycles. The first-order valence-corrected chi connectivity index (χ1v) is 15.6. The van der Waals surface area contributed by atoms with E-state index in [0.29, 0.717) is 5.92 Å². The summed E-state index contributed by atoms with van der Waals surface area (Å²) in [6.45, 7) is 16.7. The first-order chi connectivity index (χ1) is 16.5. The standard InChI is InChI=1S/C27H48O7P2/c1-21(2)11-9-12-22(3)13-10-14-23(4)15-16-24(5)25(6)17-18-26(7)27(8)19-20-33-36(31,32)34-35(28,29)30/h11,13,15,17,19,24,26H,9-10,12,14,16,18,20H2,1-8H3,(H,31,32)(H2,28,29,30)/b22-13+,23-15+,25-17-,27-19-/t24-,26-/m0/s1. The van der Waals surface area contributed by atoms with Crippen molar-refractivity contribution in [3.63, 3.8) is 0 Å². The Bertz CT molecular complexity index is 918. The van der Waals surface area contributed by atoms with E-state index in [1.54, 1.807) is 6.08 Å². The van der Waals surface area contributed by atoms with Gasteiger partial charge in [0, 0.05) is 0 Å². The van der Waals surface area contributed by atoms with Gasteiger partial charge >= 0.3 is 15.6 Å². The van der Waals surface area contributed by atoms with Crippen LogP contribution in [0.2, 0.25) is 0 Å². The molecule has 3 atom stereocenters. The number of hydrogen-bond acceptors (Lipinski definition) is 4. The smallest absolute Gasteiger partial charge is 0.302 e. The van der Waals surface area contributed by atoms with E-state index in [9.17, 15) is 14.0 Å². The highest BCUT2D eigenvalue weighted by atomic mass is 31.3. The first-order valence-electron chi connectivity index (χ1n) is 12.5. The molecule has 208 valence electrons. The third kappa shape index (κ3) is 19.1. The normalized spacial score (nSPS) is 17.5. The molecule has 0 spiro atoms. The van der Waals surface area contributed by atoms with Gasteiger partial charge in [-0.3, -0.25) is 4.52 Å². The van der Waals surface area contributed by atoms with Crippen LogP contribution in [0.1, 0.15) is 93.9 Å². The van der Waals surface area contributed by atoms with Crippen molar-refractivity contribution in [2.45, 2.75) is 93.9 Å². The predicted molar refractivity (Wildman–Crippen MR) is 149 cm³/mol. The van der Waals surface area contributed by atoms with Gasteiger partial charge in [-0.05, 0) is 91.9 Å². The van der Waals surface area contributed by atoms with E-state index < -0.39 is 15.6 Å². The Hall–Kier alpha value is -1.04. The number of phosphoric acid groups is 2. The summed E-state index contributed by atoms with van der Waals surface area (Å²) in [5.41, 5.74) is 6.51. The SMILES string of the molecule is CC(C)=CCC/C(C)=C/CC/C(C)=C/C[C@H](C)/C(C)=C\C[C@H](C)/C(C)=C\COP(=O)(O)OP(=O)(O)O. The summed E-state index contributed by atoms with van der Waals surface area (Å²) in [5, 5.41) is 0. The average molecular weight is 547 g/mol. The second-order valence-corrected chi connectivity index (χ2v) is 12.8. The van der Waals surface area contributed by atoms with Gasteiger partial charge in [0.25, 0.3) is 0 Å². The molecule has 1 unspecified atom stereocenters. The van der Waals surface area contributed by atoms with Gasteiger partial charge in [0.15, 0.2) is 0 Å². The van der Waals surface area contributed by atoms with Crippen molar-refractivity contribution in [1.82, 2.24) is 0 Å². The van der Waals surface area contributed by atoms with Crippen molar-refractivity contribution in [2.24, 2.45) is 11.8 Å². The van der Waals surface area contributed by atoms with Crippen molar-refractivity contribution < 1.29 is 32.6 Å². The summed E-state index contributed by atoms with van der Waals surface area (Å²) in [5.74, 6) is 0.617. The van der Waals surface area contributed by atoms with Gasteiger partial charge in [-0.1, -0.05) is 72.1 Å². The fourth-order valence-electron chi connectivity index (χ4n) is 3.27. The number of allylic oxidation sites excluding steroid dienone is 9. The van der Waals surface area contributed by atoms with Crippen LogP contribution >= 0.6 is 15.6 Å². The second-order valence-electron chi connectivity index (χ2n) is 9.97. The molecule has 36 heavy (non-hydrogen) atoms. The highest BCUT2D eigenvalue weighted by Crippen LogP contribution is 2.57. The lowest BCUT2D eigenvalue weighted by Crippen LogP contribution is -2.00. The first kappa shape index (κ1) is 35.0. The molecule has 7 nitrogen and oxygen atoms in total. The Morgan fingerprint density at radius 1 is 0.722 bits per heavy atom. The van der Waals surface area contributed by atoms with Crippen molar-refractivity contribution in [3.8, 4) is 0 Å². The minimum Gasteiger partial charge on any atom is -0.302 e. The van der Waals surface area contributed by atoms with Gasteiger partial charge in [0.1, 0.15) is 0 Å². The van der Waals surface area contributed by atoms with Crippen LogP contribution < -0.4 is 0 Å². The molecular formula is C27H48O7P2. The van der Waals surface area contributed by atoms with Crippen LogP contribution in [-0.4, -0.2) is 21.3 Å². The molecule has 0 aliphatic heterocycles. The third-order valence-electron chi connectivity index (χ3n) is 6.14. The molecular weight excluding hydrogens is 498 g/mol. The largest absolute Gasteiger partial charge is 0.481 e. The molecule has 0 fully saturated rings. The Balaban J connectivity index is 4.58. The highest BCUT2D eigenvalue weighted by molar-refractivity contribution is 7.60. The van der Waals surface area contributed by atoms with Crippen molar-refractivity contribution in [3.05, 3.63) is 58.2 Å². The molecule has 0 rings (SSSR count). The van der Waals surface area contributed by atoms with Gasteiger partial charge in [-0.2, -0.15) is 4.31 Å². The maximum absolute atomic E-state index is 11.5. The van der Waals surface area contributed by atoms with E-state index in [-0.39, 0.29) is 12.5 Å². The van der Waals surface area contributed by atoms with Crippen LogP contribution in [0, 0.1) is 11.8 Å². The van der Waals surface area contributed by atoms with Crippen molar-refractivity contribution >= 4 is 15.6 Å². The van der Waals surface area contributed by atoms with E-state index in [1.165, 1.54) is 22.3 Å². The minimum atomic E-state index is -5.11. The molecule has 3 N–H and O–H groups in total. The van der Waals surface area contributed by atoms with E-state index in [4.69, 9.17) is 9.79 Å².